The summed E-state index contributed by atoms with van der Waals surface area (Å²) in [6.07, 6.45) is 0. The number of hydrogen-bond acceptors (Lipinski definition) is 2. The second-order valence-corrected chi connectivity index (χ2v) is 7.11. The van der Waals surface area contributed by atoms with E-state index in [0.717, 1.165) is 39.5 Å². The number of nitrogens with zero attached hydrogens (tertiary/aromatic N) is 1. The first-order valence-electron chi connectivity index (χ1n) is 9.31. The van der Waals surface area contributed by atoms with Crippen LogP contribution in [0.25, 0.3) is 28.1 Å². The number of nitrogens with one attached hydrogen (secondary N) is 1. The number of para-hydroxylation sites is 1. The van der Waals surface area contributed by atoms with Gasteiger partial charge < -0.3 is 10.7 Å². The van der Waals surface area contributed by atoms with Crippen molar-refractivity contribution in [3.05, 3.63) is 102 Å². The Balaban J connectivity index is 1.89. The van der Waals surface area contributed by atoms with Crippen molar-refractivity contribution in [3.8, 4) is 22.5 Å². The van der Waals surface area contributed by atoms with E-state index in [-0.39, 0.29) is 0 Å². The lowest BCUT2D eigenvalue weighted by Crippen LogP contribution is -1.95. The van der Waals surface area contributed by atoms with Crippen LogP contribution in [0, 0.1) is 13.8 Å². The highest BCUT2D eigenvalue weighted by atomic mass is 14.9. The summed E-state index contributed by atoms with van der Waals surface area (Å²) in [6.45, 7) is 8.44. The topological polar surface area (TPSA) is 54.7 Å². The first-order valence-corrected chi connectivity index (χ1v) is 9.31. The molecule has 0 radical (unpaired) electrons. The zero-order valence-electron chi connectivity index (χ0n) is 16.2. The summed E-state index contributed by atoms with van der Waals surface area (Å²) in [5, 5.41) is 0. The van der Waals surface area contributed by atoms with E-state index in [1.807, 2.05) is 24.3 Å². The monoisotopic (exact) mass is 365 g/mol. The Labute approximate surface area is 165 Å². The van der Waals surface area contributed by atoms with Crippen molar-refractivity contribution in [2.24, 2.45) is 0 Å². The van der Waals surface area contributed by atoms with Crippen LogP contribution >= 0.6 is 0 Å². The molecule has 138 valence electrons. The Kier molecular flexibility index (Phi) is 4.58. The molecule has 3 aromatic carbocycles. The average Bonchev–Trinajstić information content (AvgIpc) is 3.13. The summed E-state index contributed by atoms with van der Waals surface area (Å²) in [4.78, 5) is 8.44. The third kappa shape index (κ3) is 3.35. The fourth-order valence-corrected chi connectivity index (χ4v) is 3.43. The second-order valence-electron chi connectivity index (χ2n) is 7.11. The number of nitrogen functional groups attached to an aromatic ring is 1. The molecular weight excluding hydrogens is 342 g/mol. The third-order valence-electron chi connectivity index (χ3n) is 4.87. The predicted octanol–water partition coefficient (Wildman–Crippen LogP) is 6.00. The van der Waals surface area contributed by atoms with Crippen molar-refractivity contribution in [3.63, 3.8) is 0 Å². The van der Waals surface area contributed by atoms with E-state index in [2.05, 4.69) is 73.9 Å². The van der Waals surface area contributed by atoms with Gasteiger partial charge in [0.15, 0.2) is 0 Å². The fraction of sp³-hybridized carbons (Fsp3) is 0.0800. The molecule has 0 aliphatic heterocycles. The molecule has 0 atom stereocenters. The van der Waals surface area contributed by atoms with Crippen LogP contribution in [0.5, 0.6) is 0 Å². The lowest BCUT2D eigenvalue weighted by atomic mass is 10.0. The number of H-pyrrole nitrogens is 1. The van der Waals surface area contributed by atoms with Crippen LogP contribution in [0.3, 0.4) is 0 Å². The van der Waals surface area contributed by atoms with Crippen molar-refractivity contribution in [2.45, 2.75) is 13.8 Å². The fourth-order valence-electron chi connectivity index (χ4n) is 3.43. The largest absolute Gasteiger partial charge is 0.398 e. The SMILES string of the molecule is C=C(c1nc(-c2cccc(C)c2)c(-c2cccc(C)c2)[nH]1)c1ccccc1N. The van der Waals surface area contributed by atoms with Gasteiger partial charge in [0.25, 0.3) is 0 Å². The van der Waals surface area contributed by atoms with Crippen molar-refractivity contribution in [1.29, 1.82) is 0 Å². The van der Waals surface area contributed by atoms with Crippen LogP contribution in [0.4, 0.5) is 5.69 Å². The molecule has 4 rings (SSSR count). The lowest BCUT2D eigenvalue weighted by molar-refractivity contribution is 1.24. The number of imidazole rings is 1. The Bertz CT molecular complexity index is 1100. The smallest absolute Gasteiger partial charge is 0.138 e. The van der Waals surface area contributed by atoms with Crippen molar-refractivity contribution in [2.75, 3.05) is 5.73 Å². The van der Waals surface area contributed by atoms with Crippen LogP contribution in [0.15, 0.2) is 79.4 Å². The summed E-state index contributed by atoms with van der Waals surface area (Å²) in [6, 6.07) is 24.5. The van der Waals surface area contributed by atoms with E-state index < -0.39 is 0 Å². The second kappa shape index (κ2) is 7.20. The maximum Gasteiger partial charge on any atom is 0.138 e. The molecule has 0 spiro atoms. The van der Waals surface area contributed by atoms with Gasteiger partial charge in [-0.1, -0.05) is 72.3 Å². The standard InChI is InChI=1S/C25H23N3/c1-16-8-6-10-19(14-16)23-24(20-11-7-9-17(2)15-20)28-25(27-23)18(3)21-12-4-5-13-22(21)26/h4-15H,3,26H2,1-2H3,(H,27,28). The van der Waals surface area contributed by atoms with Gasteiger partial charge >= 0.3 is 0 Å². The van der Waals surface area contributed by atoms with Crippen LogP contribution in [0.2, 0.25) is 0 Å². The average molecular weight is 365 g/mol. The van der Waals surface area contributed by atoms with Crippen molar-refractivity contribution >= 4 is 11.3 Å². The molecule has 0 saturated heterocycles. The first-order chi connectivity index (χ1) is 13.5. The highest BCUT2D eigenvalue weighted by Crippen LogP contribution is 2.34. The van der Waals surface area contributed by atoms with E-state index in [0.29, 0.717) is 5.69 Å². The number of nitrogens with two attached hydrogens (primary N) is 1. The maximum absolute atomic E-state index is 6.16. The van der Waals surface area contributed by atoms with E-state index >= 15 is 0 Å². The van der Waals surface area contributed by atoms with Gasteiger partial charge in [0.1, 0.15) is 5.82 Å². The zero-order valence-corrected chi connectivity index (χ0v) is 16.2. The Morgan fingerprint density at radius 2 is 1.50 bits per heavy atom. The molecule has 1 aromatic heterocycles. The lowest BCUT2D eigenvalue weighted by Gasteiger charge is -2.06. The number of anilines is 1. The maximum atomic E-state index is 6.16. The summed E-state index contributed by atoms with van der Waals surface area (Å²) >= 11 is 0. The number of aromatic amines is 1. The van der Waals surface area contributed by atoms with Crippen LogP contribution < -0.4 is 5.73 Å². The molecule has 0 aliphatic rings. The number of aromatic nitrogens is 2. The van der Waals surface area contributed by atoms with Gasteiger partial charge in [-0.3, -0.25) is 0 Å². The molecule has 0 unspecified atom stereocenters. The van der Waals surface area contributed by atoms with Gasteiger partial charge in [0.2, 0.25) is 0 Å². The predicted molar refractivity (Wildman–Crippen MR) is 118 cm³/mol. The van der Waals surface area contributed by atoms with E-state index in [9.17, 15) is 0 Å². The number of rotatable bonds is 4. The van der Waals surface area contributed by atoms with Gasteiger partial charge in [0, 0.05) is 28.0 Å². The minimum absolute atomic E-state index is 0.693. The third-order valence-corrected chi connectivity index (χ3v) is 4.87. The Morgan fingerprint density at radius 3 is 2.18 bits per heavy atom. The molecule has 0 aliphatic carbocycles. The number of aryl methyl sites for hydroxylation is 2. The summed E-state index contributed by atoms with van der Waals surface area (Å²) in [7, 11) is 0. The molecule has 0 bridgehead atoms. The molecule has 3 heteroatoms. The van der Waals surface area contributed by atoms with Crippen LogP contribution in [-0.4, -0.2) is 9.97 Å². The molecule has 1 heterocycles. The molecule has 0 saturated carbocycles. The van der Waals surface area contributed by atoms with Gasteiger partial charge in [-0.05, 0) is 32.0 Å². The Morgan fingerprint density at radius 1 is 0.857 bits per heavy atom. The van der Waals surface area contributed by atoms with E-state index in [1.165, 1.54) is 11.1 Å². The van der Waals surface area contributed by atoms with E-state index in [1.54, 1.807) is 0 Å². The Hall–Kier alpha value is -3.59. The van der Waals surface area contributed by atoms with Gasteiger partial charge in [0.05, 0.1) is 11.4 Å². The summed E-state index contributed by atoms with van der Waals surface area (Å²) in [5.41, 5.74) is 15.0. The van der Waals surface area contributed by atoms with Crippen LogP contribution in [-0.2, 0) is 0 Å². The molecule has 0 amide bonds. The van der Waals surface area contributed by atoms with Gasteiger partial charge in [-0.2, -0.15) is 0 Å². The highest BCUT2D eigenvalue weighted by Gasteiger charge is 2.17. The normalized spacial score (nSPS) is 10.8. The van der Waals surface area contributed by atoms with E-state index in [4.69, 9.17) is 10.7 Å². The zero-order chi connectivity index (χ0) is 19.7. The van der Waals surface area contributed by atoms with Crippen molar-refractivity contribution < 1.29 is 0 Å². The molecule has 3 nitrogen and oxygen atoms in total. The molecule has 3 N–H and O–H groups in total. The molecular formula is C25H23N3. The highest BCUT2D eigenvalue weighted by molar-refractivity contribution is 5.86. The van der Waals surface area contributed by atoms with Crippen molar-refractivity contribution in [1.82, 2.24) is 9.97 Å². The minimum atomic E-state index is 0.693. The number of hydrogen-bond donors (Lipinski definition) is 2. The van der Waals surface area contributed by atoms with Gasteiger partial charge in [-0.25, -0.2) is 4.98 Å². The molecule has 0 fully saturated rings. The van der Waals surface area contributed by atoms with Gasteiger partial charge in [-0.15, -0.1) is 0 Å². The first kappa shape index (κ1) is 17.8. The van der Waals surface area contributed by atoms with Crippen LogP contribution in [0.1, 0.15) is 22.5 Å². The summed E-state index contributed by atoms with van der Waals surface area (Å²) in [5.74, 6) is 0.728. The minimum Gasteiger partial charge on any atom is -0.398 e. The summed E-state index contributed by atoms with van der Waals surface area (Å²) < 4.78 is 0. The number of benzene rings is 3. The molecule has 4 aromatic rings. The quantitative estimate of drug-likeness (QED) is 0.436. The molecule has 28 heavy (non-hydrogen) atoms.